The lowest BCUT2D eigenvalue weighted by Gasteiger charge is -2.29. The second-order valence-corrected chi connectivity index (χ2v) is 23.1. The second-order valence-electron chi connectivity index (χ2n) is 23.1. The Kier molecular flexibility index (Phi) is 11.3. The van der Waals surface area contributed by atoms with Crippen molar-refractivity contribution in [3.05, 3.63) is 315 Å². The lowest BCUT2D eigenvalue weighted by atomic mass is 9.90. The minimum Gasteiger partial charge on any atom is -0.333 e. The molecule has 2 aliphatic rings. The molecule has 18 rings (SSSR count). The normalized spacial score (nSPS) is 14.5. The maximum atomic E-state index is 5.05. The van der Waals surface area contributed by atoms with E-state index in [9.17, 15) is 0 Å². The molecule has 1 aliphatic carbocycles. The van der Waals surface area contributed by atoms with Crippen molar-refractivity contribution in [1.29, 1.82) is 0 Å². The number of nitrogens with zero attached hydrogens (tertiary/aromatic N) is 7. The Morgan fingerprint density at radius 1 is 0.250 bits per heavy atom. The maximum absolute atomic E-state index is 5.05. The molecule has 2 unspecified atom stereocenters. The molecule has 5 heterocycles. The standard InChI is InChI=1S/C81H53N7/c1-5-19-52(20-6-1)57-35-42-66-63-27-13-16-30-71(63)87(77(66)47-57)61-40-45-75-69(50-61)70-51-62(88-72-31-17-14-28-64(72)67-43-36-58(48-78(67)88)53-21-7-2-8-22-53)41-46-76(70)86(75)60-39-44-74-68(49-60)65-29-15-18-32-73(65)85(74)59-37-33-56(34-38-59)81-83-79(54-23-9-3-10-24-54)82-80(84-81)55-25-11-4-12-26-55/h1-51,63,71H. The molecule has 4 aromatic heterocycles. The van der Waals surface area contributed by atoms with Gasteiger partial charge in [-0.1, -0.05) is 206 Å². The average Bonchev–Trinajstić information content (AvgIpc) is 1.66. The Bertz CT molecular complexity index is 5450. The summed E-state index contributed by atoms with van der Waals surface area (Å²) >= 11 is 0. The van der Waals surface area contributed by atoms with Gasteiger partial charge in [-0.25, -0.2) is 15.0 Å². The summed E-state index contributed by atoms with van der Waals surface area (Å²) in [7, 11) is 0. The van der Waals surface area contributed by atoms with Crippen molar-refractivity contribution < 1.29 is 0 Å². The van der Waals surface area contributed by atoms with Gasteiger partial charge in [0, 0.05) is 83.4 Å². The second kappa shape index (κ2) is 20.0. The number of rotatable bonds is 9. The molecule has 88 heavy (non-hydrogen) atoms. The molecule has 0 radical (unpaired) electrons. The number of aromatic nitrogens is 6. The Labute approximate surface area is 508 Å². The van der Waals surface area contributed by atoms with Crippen molar-refractivity contribution in [2.75, 3.05) is 4.90 Å². The average molecular weight is 1120 g/mol. The van der Waals surface area contributed by atoms with Crippen LogP contribution in [0.15, 0.2) is 309 Å². The van der Waals surface area contributed by atoms with Gasteiger partial charge in [-0.3, -0.25) is 0 Å². The Morgan fingerprint density at radius 3 is 1.22 bits per heavy atom. The lowest BCUT2D eigenvalue weighted by molar-refractivity contribution is 0.745. The van der Waals surface area contributed by atoms with Crippen LogP contribution in [-0.4, -0.2) is 34.7 Å². The fourth-order valence-electron chi connectivity index (χ4n) is 14.1. The predicted octanol–water partition coefficient (Wildman–Crippen LogP) is 20.2. The van der Waals surface area contributed by atoms with Crippen LogP contribution in [-0.2, 0) is 0 Å². The molecule has 0 saturated carbocycles. The smallest absolute Gasteiger partial charge is 0.164 e. The maximum Gasteiger partial charge on any atom is 0.164 e. The van der Waals surface area contributed by atoms with Gasteiger partial charge < -0.3 is 18.6 Å². The van der Waals surface area contributed by atoms with Gasteiger partial charge in [0.1, 0.15) is 0 Å². The molecular formula is C81H53N7. The number of fused-ring (bicyclic) bond motifs is 12. The van der Waals surface area contributed by atoms with Gasteiger partial charge >= 0.3 is 0 Å². The van der Waals surface area contributed by atoms with Gasteiger partial charge in [0.15, 0.2) is 17.5 Å². The van der Waals surface area contributed by atoms with E-state index >= 15 is 0 Å². The zero-order valence-corrected chi connectivity index (χ0v) is 47.7. The molecule has 0 spiro atoms. The summed E-state index contributed by atoms with van der Waals surface area (Å²) < 4.78 is 7.34. The van der Waals surface area contributed by atoms with Crippen LogP contribution >= 0.6 is 0 Å². The monoisotopic (exact) mass is 1120 g/mol. The summed E-state index contributed by atoms with van der Waals surface area (Å²) in [5.74, 6) is 2.13. The third-order valence-corrected chi connectivity index (χ3v) is 18.2. The highest BCUT2D eigenvalue weighted by Crippen LogP contribution is 2.50. The first-order chi connectivity index (χ1) is 43.6. The first-order valence-electron chi connectivity index (χ1n) is 30.2. The number of hydrogen-bond acceptors (Lipinski definition) is 4. The van der Waals surface area contributed by atoms with Crippen LogP contribution < -0.4 is 4.90 Å². The molecular weight excluding hydrogens is 1070 g/mol. The van der Waals surface area contributed by atoms with E-state index in [0.717, 1.165) is 61.5 Å². The number of hydrogen-bond donors (Lipinski definition) is 0. The van der Waals surface area contributed by atoms with E-state index in [0.29, 0.717) is 17.5 Å². The van der Waals surface area contributed by atoms with Crippen LogP contribution in [0, 0.1) is 0 Å². The fourth-order valence-corrected chi connectivity index (χ4v) is 14.1. The minimum absolute atomic E-state index is 0.128. The number of allylic oxidation sites excluding steroid dienone is 2. The molecule has 7 heteroatoms. The Morgan fingerprint density at radius 2 is 0.636 bits per heavy atom. The highest BCUT2D eigenvalue weighted by Gasteiger charge is 2.38. The molecule has 16 aromatic rings. The fraction of sp³-hybridized carbons (Fsp3) is 0.0247. The zero-order chi connectivity index (χ0) is 57.8. The van der Waals surface area contributed by atoms with Crippen molar-refractivity contribution in [1.82, 2.24) is 28.7 Å². The summed E-state index contributed by atoms with van der Waals surface area (Å²) in [5.41, 5.74) is 21.5. The molecule has 2 atom stereocenters. The van der Waals surface area contributed by atoms with Crippen LogP contribution in [0.3, 0.4) is 0 Å². The quantitative estimate of drug-likeness (QED) is 0.145. The number of benzene rings is 12. The highest BCUT2D eigenvalue weighted by molar-refractivity contribution is 6.15. The van der Waals surface area contributed by atoms with Crippen molar-refractivity contribution in [3.63, 3.8) is 0 Å². The van der Waals surface area contributed by atoms with Crippen LogP contribution in [0.4, 0.5) is 11.4 Å². The molecule has 7 nitrogen and oxygen atoms in total. The van der Waals surface area contributed by atoms with E-state index in [2.05, 4.69) is 267 Å². The third kappa shape index (κ3) is 7.94. The predicted molar refractivity (Wildman–Crippen MR) is 363 cm³/mol. The Balaban J connectivity index is 0.811. The van der Waals surface area contributed by atoms with E-state index in [1.54, 1.807) is 0 Å². The first-order valence-corrected chi connectivity index (χ1v) is 30.2. The van der Waals surface area contributed by atoms with Gasteiger partial charge in [0.25, 0.3) is 0 Å². The molecule has 0 fully saturated rings. The van der Waals surface area contributed by atoms with E-state index in [1.165, 1.54) is 76.9 Å². The first kappa shape index (κ1) is 49.7. The summed E-state index contributed by atoms with van der Waals surface area (Å²) in [6, 6.07) is 103. The van der Waals surface area contributed by atoms with E-state index < -0.39 is 0 Å². The van der Waals surface area contributed by atoms with Gasteiger partial charge in [-0.2, -0.15) is 0 Å². The minimum atomic E-state index is 0.128. The van der Waals surface area contributed by atoms with Crippen molar-refractivity contribution in [3.8, 4) is 73.5 Å². The molecule has 0 amide bonds. The molecule has 0 N–H and O–H groups in total. The molecule has 12 aromatic carbocycles. The van der Waals surface area contributed by atoms with Gasteiger partial charge in [-0.05, 0) is 131 Å². The van der Waals surface area contributed by atoms with E-state index in [4.69, 9.17) is 15.0 Å². The van der Waals surface area contributed by atoms with Crippen molar-refractivity contribution in [2.24, 2.45) is 0 Å². The van der Waals surface area contributed by atoms with Crippen LogP contribution in [0.5, 0.6) is 0 Å². The van der Waals surface area contributed by atoms with E-state index in [-0.39, 0.29) is 12.0 Å². The molecule has 412 valence electrons. The van der Waals surface area contributed by atoms with Crippen LogP contribution in [0.1, 0.15) is 11.5 Å². The molecule has 0 saturated heterocycles. The van der Waals surface area contributed by atoms with Crippen molar-refractivity contribution >= 4 is 76.8 Å². The zero-order valence-electron chi connectivity index (χ0n) is 47.7. The third-order valence-electron chi connectivity index (χ3n) is 18.2. The van der Waals surface area contributed by atoms with Crippen molar-refractivity contribution in [2.45, 2.75) is 12.0 Å². The summed E-state index contributed by atoms with van der Waals surface area (Å²) in [6.45, 7) is 0. The summed E-state index contributed by atoms with van der Waals surface area (Å²) in [6.07, 6.45) is 9.18. The Hall–Kier alpha value is -11.7. The van der Waals surface area contributed by atoms with Crippen LogP contribution in [0.2, 0.25) is 0 Å². The van der Waals surface area contributed by atoms with Gasteiger partial charge in [-0.15, -0.1) is 0 Å². The van der Waals surface area contributed by atoms with Gasteiger partial charge in [0.2, 0.25) is 0 Å². The van der Waals surface area contributed by atoms with Gasteiger partial charge in [0.05, 0.1) is 39.1 Å². The topological polar surface area (TPSA) is 56.7 Å². The largest absolute Gasteiger partial charge is 0.333 e. The molecule has 1 aliphatic heterocycles. The SMILES string of the molecule is C1=CC2c3ccc(-c4ccccc4)cc3N(c3ccc4c(c3)c3cc(-n5c6ccccc6c6ccc(-c7ccccc7)cc65)ccc3n4-c3ccc4c(c3)c3ccccc3n4-c3ccc(-c4nc(-c5ccccc5)nc(-c5ccccc5)n4)cc3)C2C=C1. The summed E-state index contributed by atoms with van der Waals surface area (Å²) in [5, 5.41) is 7.18. The van der Waals surface area contributed by atoms with E-state index in [1.807, 2.05) is 60.7 Å². The number of para-hydroxylation sites is 2. The van der Waals surface area contributed by atoms with Crippen LogP contribution in [0.25, 0.3) is 139 Å². The summed E-state index contributed by atoms with van der Waals surface area (Å²) in [4.78, 5) is 17.6. The number of anilines is 2. The lowest BCUT2D eigenvalue weighted by Crippen LogP contribution is -2.28. The molecule has 0 bridgehead atoms. The highest BCUT2D eigenvalue weighted by atomic mass is 15.2.